The van der Waals surface area contributed by atoms with Crippen molar-refractivity contribution in [2.24, 2.45) is 0 Å². The van der Waals surface area contributed by atoms with Crippen LogP contribution in [0.15, 0.2) is 18.2 Å². The van der Waals surface area contributed by atoms with Gasteiger partial charge in [0.15, 0.2) is 0 Å². The van der Waals surface area contributed by atoms with E-state index in [4.69, 9.17) is 26.8 Å². The van der Waals surface area contributed by atoms with Crippen LogP contribution in [-0.4, -0.2) is 22.5 Å². The first-order valence-corrected chi connectivity index (χ1v) is 7.49. The Balaban J connectivity index is 2.29. The molecular weight excluding hydrogens is 318 g/mol. The molecule has 0 aliphatic heterocycles. The summed E-state index contributed by atoms with van der Waals surface area (Å²) in [6.45, 7) is 5.64. The van der Waals surface area contributed by atoms with Crippen molar-refractivity contribution in [1.29, 1.82) is 0 Å². The fraction of sp³-hybridized carbons (Fsp3) is 0.312. The van der Waals surface area contributed by atoms with Gasteiger partial charge in [-0.15, -0.1) is 0 Å². The van der Waals surface area contributed by atoms with Gasteiger partial charge in [-0.1, -0.05) is 11.6 Å². The molecule has 0 spiro atoms. The van der Waals surface area contributed by atoms with Gasteiger partial charge in [0.25, 0.3) is 0 Å². The lowest BCUT2D eigenvalue weighted by Gasteiger charge is -2.13. The van der Waals surface area contributed by atoms with E-state index in [9.17, 15) is 4.79 Å². The van der Waals surface area contributed by atoms with Crippen LogP contribution in [0.1, 0.15) is 34.2 Å². The molecule has 1 aromatic heterocycles. The van der Waals surface area contributed by atoms with Crippen LogP contribution in [0.25, 0.3) is 0 Å². The number of carbonyl (C=O) groups is 1. The van der Waals surface area contributed by atoms with Gasteiger partial charge in [-0.2, -0.15) is 0 Å². The fourth-order valence-corrected chi connectivity index (χ4v) is 2.38. The number of aryl methyl sites for hydroxylation is 2. The Bertz CT molecular complexity index is 735. The highest BCUT2D eigenvalue weighted by atomic mass is 35.5. The van der Waals surface area contributed by atoms with Gasteiger partial charge in [-0.25, -0.2) is 14.8 Å². The molecule has 0 aliphatic rings. The predicted molar refractivity (Wildman–Crippen MR) is 87.7 cm³/mol. The van der Waals surface area contributed by atoms with E-state index in [1.807, 2.05) is 6.92 Å². The monoisotopic (exact) mass is 335 g/mol. The van der Waals surface area contributed by atoms with E-state index in [0.29, 0.717) is 22.2 Å². The average molecular weight is 336 g/mol. The van der Waals surface area contributed by atoms with Gasteiger partial charge in [0.1, 0.15) is 17.9 Å². The topological polar surface area (TPSA) is 87.3 Å². The van der Waals surface area contributed by atoms with Crippen LogP contribution < -0.4 is 10.5 Å². The zero-order valence-electron chi connectivity index (χ0n) is 13.2. The van der Waals surface area contributed by atoms with Crippen molar-refractivity contribution in [2.75, 3.05) is 12.3 Å². The number of esters is 1. The van der Waals surface area contributed by atoms with Gasteiger partial charge >= 0.3 is 5.97 Å². The van der Waals surface area contributed by atoms with Crippen LogP contribution >= 0.6 is 11.6 Å². The van der Waals surface area contributed by atoms with Gasteiger partial charge < -0.3 is 15.2 Å². The molecule has 2 aromatic rings. The molecule has 0 aliphatic carbocycles. The smallest absolute Gasteiger partial charge is 0.341 e. The summed E-state index contributed by atoms with van der Waals surface area (Å²) in [5.41, 5.74) is 7.69. The minimum atomic E-state index is -0.489. The minimum absolute atomic E-state index is 0.0736. The molecule has 0 atom stereocenters. The number of nitrogens with zero attached hydrogens (tertiary/aromatic N) is 2. The molecule has 0 radical (unpaired) electrons. The molecule has 0 unspecified atom stereocenters. The highest BCUT2D eigenvalue weighted by Crippen LogP contribution is 2.23. The Morgan fingerprint density at radius 1 is 1.30 bits per heavy atom. The van der Waals surface area contributed by atoms with Gasteiger partial charge in [-0.05, 0) is 44.5 Å². The Labute approximate surface area is 139 Å². The summed E-state index contributed by atoms with van der Waals surface area (Å²) in [6, 6.07) is 5.29. The molecule has 0 bridgehead atoms. The molecular formula is C16H18ClN3O3. The number of hydrogen-bond acceptors (Lipinski definition) is 6. The van der Waals surface area contributed by atoms with Crippen molar-refractivity contribution in [3.05, 3.63) is 45.7 Å². The van der Waals surface area contributed by atoms with Crippen LogP contribution in [-0.2, 0) is 11.3 Å². The van der Waals surface area contributed by atoms with E-state index in [1.165, 1.54) is 0 Å². The van der Waals surface area contributed by atoms with Crippen LogP contribution in [0, 0.1) is 13.8 Å². The summed E-state index contributed by atoms with van der Waals surface area (Å²) in [7, 11) is 0. The number of carbonyl (C=O) groups excluding carboxylic acids is 1. The molecule has 23 heavy (non-hydrogen) atoms. The fourth-order valence-electron chi connectivity index (χ4n) is 2.15. The predicted octanol–water partition coefficient (Wildman–Crippen LogP) is 3.08. The number of ether oxygens (including phenoxy) is 2. The molecule has 7 heteroatoms. The quantitative estimate of drug-likeness (QED) is 0.845. The zero-order valence-corrected chi connectivity index (χ0v) is 14.0. The SMILES string of the molecule is CCOC(=O)c1c(C)nc(N)nc1COc1ccc(Cl)cc1C. The minimum Gasteiger partial charge on any atom is -0.487 e. The first kappa shape index (κ1) is 17.0. The molecule has 122 valence electrons. The highest BCUT2D eigenvalue weighted by Gasteiger charge is 2.20. The number of hydrogen-bond donors (Lipinski definition) is 1. The summed E-state index contributed by atoms with van der Waals surface area (Å²) in [4.78, 5) is 20.2. The number of anilines is 1. The lowest BCUT2D eigenvalue weighted by molar-refractivity contribution is 0.0521. The van der Waals surface area contributed by atoms with E-state index in [1.54, 1.807) is 32.0 Å². The maximum atomic E-state index is 12.1. The highest BCUT2D eigenvalue weighted by molar-refractivity contribution is 6.30. The van der Waals surface area contributed by atoms with E-state index >= 15 is 0 Å². The van der Waals surface area contributed by atoms with Crippen LogP contribution in [0.3, 0.4) is 0 Å². The summed E-state index contributed by atoms with van der Waals surface area (Å²) in [6.07, 6.45) is 0. The maximum Gasteiger partial charge on any atom is 0.341 e. The average Bonchev–Trinajstić information content (AvgIpc) is 2.45. The Kier molecular flexibility index (Phi) is 5.39. The van der Waals surface area contributed by atoms with Gasteiger partial charge in [0, 0.05) is 5.02 Å². The molecule has 2 N–H and O–H groups in total. The van der Waals surface area contributed by atoms with Crippen molar-refractivity contribution in [3.8, 4) is 5.75 Å². The van der Waals surface area contributed by atoms with Crippen LogP contribution in [0.2, 0.25) is 5.02 Å². The van der Waals surface area contributed by atoms with Gasteiger partial charge in [0.2, 0.25) is 5.95 Å². The van der Waals surface area contributed by atoms with Crippen molar-refractivity contribution >= 4 is 23.5 Å². The van der Waals surface area contributed by atoms with Crippen molar-refractivity contribution in [3.63, 3.8) is 0 Å². The number of nitrogens with two attached hydrogens (primary N) is 1. The standard InChI is InChI=1S/C16H18ClN3O3/c1-4-22-15(21)14-10(3)19-16(18)20-12(14)8-23-13-6-5-11(17)7-9(13)2/h5-7H,4,8H2,1-3H3,(H2,18,19,20). The Morgan fingerprint density at radius 2 is 2.04 bits per heavy atom. The third-order valence-corrected chi connectivity index (χ3v) is 3.40. The van der Waals surface area contributed by atoms with Gasteiger partial charge in [0.05, 0.1) is 18.0 Å². The lowest BCUT2D eigenvalue weighted by Crippen LogP contribution is -2.16. The lowest BCUT2D eigenvalue weighted by atomic mass is 10.1. The van der Waals surface area contributed by atoms with E-state index in [-0.39, 0.29) is 24.7 Å². The molecule has 6 nitrogen and oxygen atoms in total. The first-order valence-electron chi connectivity index (χ1n) is 7.11. The molecule has 1 heterocycles. The summed E-state index contributed by atoms with van der Waals surface area (Å²) in [5, 5.41) is 0.629. The molecule has 0 fully saturated rings. The largest absolute Gasteiger partial charge is 0.487 e. The van der Waals surface area contributed by atoms with E-state index < -0.39 is 5.97 Å². The second-order valence-corrected chi connectivity index (χ2v) is 5.34. The second kappa shape index (κ2) is 7.28. The molecule has 0 amide bonds. The molecule has 0 saturated heterocycles. The third-order valence-electron chi connectivity index (χ3n) is 3.16. The van der Waals surface area contributed by atoms with Crippen LogP contribution in [0.4, 0.5) is 5.95 Å². The summed E-state index contributed by atoms with van der Waals surface area (Å²) < 4.78 is 10.8. The maximum absolute atomic E-state index is 12.1. The zero-order chi connectivity index (χ0) is 17.0. The van der Waals surface area contributed by atoms with E-state index in [0.717, 1.165) is 5.56 Å². The number of halogens is 1. The van der Waals surface area contributed by atoms with Gasteiger partial charge in [-0.3, -0.25) is 0 Å². The number of benzene rings is 1. The number of nitrogen functional groups attached to an aromatic ring is 1. The molecule has 1 aromatic carbocycles. The molecule has 2 rings (SSSR count). The molecule has 0 saturated carbocycles. The van der Waals surface area contributed by atoms with Crippen LogP contribution in [0.5, 0.6) is 5.75 Å². The van der Waals surface area contributed by atoms with Crippen molar-refractivity contribution in [1.82, 2.24) is 9.97 Å². The van der Waals surface area contributed by atoms with Crippen molar-refractivity contribution < 1.29 is 14.3 Å². The summed E-state index contributed by atoms with van der Waals surface area (Å²) >= 11 is 5.92. The summed E-state index contributed by atoms with van der Waals surface area (Å²) in [5.74, 6) is 0.248. The Morgan fingerprint density at radius 3 is 2.70 bits per heavy atom. The normalized spacial score (nSPS) is 10.4. The second-order valence-electron chi connectivity index (χ2n) is 4.91. The third kappa shape index (κ3) is 4.10. The number of rotatable bonds is 5. The van der Waals surface area contributed by atoms with E-state index in [2.05, 4.69) is 9.97 Å². The van der Waals surface area contributed by atoms with Crippen molar-refractivity contribution in [2.45, 2.75) is 27.4 Å². The Hall–Kier alpha value is -2.34. The first-order chi connectivity index (χ1) is 10.9. The number of aromatic nitrogens is 2.